The molecule has 1 aromatic carbocycles. The average molecular weight is 314 g/mol. The van der Waals surface area contributed by atoms with Crippen LogP contribution < -0.4 is 5.73 Å². The third kappa shape index (κ3) is 4.38. The van der Waals surface area contributed by atoms with E-state index in [0.29, 0.717) is 16.0 Å². The Bertz CT molecular complexity index is 425. The lowest BCUT2D eigenvalue weighted by Gasteiger charge is -2.32. The van der Waals surface area contributed by atoms with Gasteiger partial charge in [0.15, 0.2) is 0 Å². The lowest BCUT2D eigenvalue weighted by Crippen LogP contribution is -2.34. The highest BCUT2D eigenvalue weighted by Gasteiger charge is 2.25. The van der Waals surface area contributed by atoms with Crippen molar-refractivity contribution in [3.05, 3.63) is 33.8 Å². The molecule has 0 saturated heterocycles. The minimum atomic E-state index is 0.245. The molecule has 0 aromatic heterocycles. The first-order valence-electron chi connectivity index (χ1n) is 7.79. The normalized spacial score (nSPS) is 24.6. The summed E-state index contributed by atoms with van der Waals surface area (Å²) in [4.78, 5) is 0. The molecule has 1 atom stereocenters. The van der Waals surface area contributed by atoms with Crippen LogP contribution in [-0.4, -0.2) is 6.04 Å². The predicted octanol–water partition coefficient (Wildman–Crippen LogP) is 5.47. The second kappa shape index (κ2) is 7.68. The van der Waals surface area contributed by atoms with Gasteiger partial charge in [-0.1, -0.05) is 61.9 Å². The Morgan fingerprint density at radius 1 is 1.15 bits per heavy atom. The van der Waals surface area contributed by atoms with Crippen LogP contribution in [0.5, 0.6) is 0 Å². The summed E-state index contributed by atoms with van der Waals surface area (Å²) in [6.07, 6.45) is 8.88. The van der Waals surface area contributed by atoms with E-state index < -0.39 is 0 Å². The summed E-state index contributed by atoms with van der Waals surface area (Å²) in [5.41, 5.74) is 7.61. The molecule has 0 heterocycles. The molecule has 1 fully saturated rings. The average Bonchev–Trinajstić information content (AvgIpc) is 2.44. The van der Waals surface area contributed by atoms with Gasteiger partial charge in [-0.25, -0.2) is 0 Å². The lowest BCUT2D eigenvalue weighted by molar-refractivity contribution is 0.232. The molecule has 2 N–H and O–H groups in total. The van der Waals surface area contributed by atoms with Gasteiger partial charge >= 0.3 is 0 Å². The van der Waals surface area contributed by atoms with Gasteiger partial charge in [-0.15, -0.1) is 0 Å². The topological polar surface area (TPSA) is 26.0 Å². The van der Waals surface area contributed by atoms with E-state index in [2.05, 4.69) is 6.92 Å². The maximum atomic E-state index is 6.41. The van der Waals surface area contributed by atoms with Gasteiger partial charge < -0.3 is 5.73 Å². The first-order chi connectivity index (χ1) is 9.60. The maximum absolute atomic E-state index is 6.41. The third-order valence-electron chi connectivity index (χ3n) is 4.65. The molecule has 1 saturated carbocycles. The molecule has 1 aliphatic carbocycles. The highest BCUT2D eigenvalue weighted by Crippen LogP contribution is 2.33. The maximum Gasteiger partial charge on any atom is 0.0595 e. The monoisotopic (exact) mass is 313 g/mol. The molecule has 1 aromatic rings. The Morgan fingerprint density at radius 2 is 1.85 bits per heavy atom. The summed E-state index contributed by atoms with van der Waals surface area (Å²) in [5.74, 6) is 1.60. The van der Waals surface area contributed by atoms with Crippen LogP contribution in [0.15, 0.2) is 18.2 Å². The Morgan fingerprint density at radius 3 is 2.45 bits per heavy atom. The minimum Gasteiger partial charge on any atom is -0.327 e. The van der Waals surface area contributed by atoms with Crippen LogP contribution in [0, 0.1) is 11.8 Å². The summed E-state index contributed by atoms with van der Waals surface area (Å²) in [7, 11) is 0. The number of rotatable bonds is 5. The van der Waals surface area contributed by atoms with Crippen molar-refractivity contribution in [2.45, 2.75) is 57.9 Å². The zero-order valence-electron chi connectivity index (χ0n) is 12.2. The molecular weight excluding hydrogens is 289 g/mol. The van der Waals surface area contributed by atoms with Crippen molar-refractivity contribution >= 4 is 23.2 Å². The van der Waals surface area contributed by atoms with E-state index in [1.165, 1.54) is 44.1 Å². The molecule has 1 unspecified atom stereocenters. The van der Waals surface area contributed by atoms with E-state index in [0.717, 1.165) is 12.3 Å². The summed E-state index contributed by atoms with van der Waals surface area (Å²) in [5, 5.41) is 1.24. The van der Waals surface area contributed by atoms with Gasteiger partial charge in [-0.3, -0.25) is 0 Å². The van der Waals surface area contributed by atoms with E-state index in [4.69, 9.17) is 28.9 Å². The van der Waals surface area contributed by atoms with Crippen molar-refractivity contribution < 1.29 is 0 Å². The van der Waals surface area contributed by atoms with Gasteiger partial charge in [0.05, 0.1) is 10.0 Å². The van der Waals surface area contributed by atoms with E-state index in [9.17, 15) is 0 Å². The van der Waals surface area contributed by atoms with E-state index in [1.54, 1.807) is 0 Å². The van der Waals surface area contributed by atoms with Crippen molar-refractivity contribution in [3.63, 3.8) is 0 Å². The smallest absolute Gasteiger partial charge is 0.0595 e. The number of halogens is 2. The second-order valence-electron chi connectivity index (χ2n) is 6.19. The fraction of sp³-hybridized carbons (Fsp3) is 0.647. The molecule has 0 aliphatic heterocycles. The number of benzene rings is 1. The molecule has 20 heavy (non-hydrogen) atoms. The summed E-state index contributed by atoms with van der Waals surface area (Å²) in [6.45, 7) is 2.28. The van der Waals surface area contributed by atoms with Crippen LogP contribution in [0.1, 0.15) is 51.0 Å². The van der Waals surface area contributed by atoms with E-state index in [1.807, 2.05) is 18.2 Å². The highest BCUT2D eigenvalue weighted by molar-refractivity contribution is 6.42. The highest BCUT2D eigenvalue weighted by atomic mass is 35.5. The van der Waals surface area contributed by atoms with Gasteiger partial charge in [-0.2, -0.15) is 0 Å². The van der Waals surface area contributed by atoms with Crippen LogP contribution in [0.3, 0.4) is 0 Å². The molecule has 1 nitrogen and oxygen atoms in total. The van der Waals surface area contributed by atoms with Gasteiger partial charge in [0.2, 0.25) is 0 Å². The molecule has 1 aliphatic rings. The van der Waals surface area contributed by atoms with Gasteiger partial charge in [0, 0.05) is 6.04 Å². The molecular formula is C17H25Cl2N. The number of hydrogen-bond donors (Lipinski definition) is 1. The van der Waals surface area contributed by atoms with Crippen molar-refractivity contribution in [2.24, 2.45) is 17.6 Å². The Hall–Kier alpha value is -0.240. The number of hydrogen-bond acceptors (Lipinski definition) is 1. The van der Waals surface area contributed by atoms with Crippen molar-refractivity contribution in [1.29, 1.82) is 0 Å². The molecule has 3 heteroatoms. The lowest BCUT2D eigenvalue weighted by atomic mass is 9.76. The Kier molecular flexibility index (Phi) is 6.20. The summed E-state index contributed by atoms with van der Waals surface area (Å²) >= 11 is 12.0. The quantitative estimate of drug-likeness (QED) is 0.766. The fourth-order valence-corrected chi connectivity index (χ4v) is 3.74. The zero-order valence-corrected chi connectivity index (χ0v) is 13.8. The van der Waals surface area contributed by atoms with Gasteiger partial charge in [0.1, 0.15) is 0 Å². The van der Waals surface area contributed by atoms with Gasteiger partial charge in [0.25, 0.3) is 0 Å². The zero-order chi connectivity index (χ0) is 14.5. The van der Waals surface area contributed by atoms with Crippen molar-refractivity contribution in [2.75, 3.05) is 0 Å². The van der Waals surface area contributed by atoms with Crippen molar-refractivity contribution in [3.8, 4) is 0 Å². The van der Waals surface area contributed by atoms with Gasteiger partial charge in [-0.05, 0) is 48.8 Å². The number of nitrogens with two attached hydrogens (primary N) is 1. The fourth-order valence-electron chi connectivity index (χ4n) is 3.42. The Labute approximate surface area is 132 Å². The van der Waals surface area contributed by atoms with Crippen molar-refractivity contribution in [1.82, 2.24) is 0 Å². The minimum absolute atomic E-state index is 0.245. The van der Waals surface area contributed by atoms with Crippen LogP contribution in [0.2, 0.25) is 10.0 Å². The first kappa shape index (κ1) is 16.1. The SMILES string of the molecule is CCCC1CCC(C(N)Cc2ccc(Cl)c(Cl)c2)CC1. The van der Waals surface area contributed by atoms with E-state index >= 15 is 0 Å². The molecule has 0 amide bonds. The third-order valence-corrected chi connectivity index (χ3v) is 5.39. The molecule has 2 rings (SSSR count). The summed E-state index contributed by atoms with van der Waals surface area (Å²) < 4.78 is 0. The van der Waals surface area contributed by atoms with Crippen LogP contribution in [0.25, 0.3) is 0 Å². The van der Waals surface area contributed by atoms with Crippen LogP contribution in [0.4, 0.5) is 0 Å². The summed E-state index contributed by atoms with van der Waals surface area (Å²) in [6, 6.07) is 6.10. The predicted molar refractivity (Wildman–Crippen MR) is 88.5 cm³/mol. The molecule has 0 spiro atoms. The van der Waals surface area contributed by atoms with Crippen LogP contribution >= 0.6 is 23.2 Å². The largest absolute Gasteiger partial charge is 0.327 e. The van der Waals surface area contributed by atoms with Crippen LogP contribution in [-0.2, 0) is 6.42 Å². The Balaban J connectivity index is 1.86. The first-order valence-corrected chi connectivity index (χ1v) is 8.55. The molecule has 0 bridgehead atoms. The molecule has 0 radical (unpaired) electrons. The second-order valence-corrected chi connectivity index (χ2v) is 7.00. The standard InChI is InChI=1S/C17H25Cl2N/c1-2-3-12-4-7-14(8-5-12)17(20)11-13-6-9-15(18)16(19)10-13/h6,9-10,12,14,17H,2-5,7-8,11,20H2,1H3. The molecule has 112 valence electrons. The van der Waals surface area contributed by atoms with E-state index in [-0.39, 0.29) is 6.04 Å².